The molecule has 1 aliphatic carbocycles. The Kier molecular flexibility index (Phi) is 9.11. The lowest BCUT2D eigenvalue weighted by Gasteiger charge is -2.35. The topological polar surface area (TPSA) is 16.4 Å². The fourth-order valence-electron chi connectivity index (χ4n) is 11.0. The van der Waals surface area contributed by atoms with Crippen molar-refractivity contribution in [3.63, 3.8) is 0 Å². The van der Waals surface area contributed by atoms with Crippen LogP contribution in [0.5, 0.6) is 0 Å². The molecule has 1 heterocycles. The summed E-state index contributed by atoms with van der Waals surface area (Å²) in [6.07, 6.45) is 0. The van der Waals surface area contributed by atoms with Gasteiger partial charge in [0, 0.05) is 39.0 Å². The average molecular weight is 854 g/mol. The molecule has 12 aromatic rings. The molecule has 0 N–H and O–H groups in total. The standard InChI is InChI=1S/C65H43NO/c1-6-20-45(21-7-1)61-62-56-40-36-47(42-58(56)53-30-16-17-32-57(53)64(62)67-63(61)46-22-8-2-9-23-46)44-34-37-51(38-35-44)66(50-28-14-5-15-29-50)52-39-41-55-54-31-18-19-33-59(54)65(60(55)43-52,48-24-10-3-11-25-48)49-26-12-4-13-27-49/h1-43H. The monoisotopic (exact) mass is 853 g/mol. The van der Waals surface area contributed by atoms with Crippen LogP contribution in [0.4, 0.5) is 17.1 Å². The first-order valence-corrected chi connectivity index (χ1v) is 23.1. The molecule has 13 rings (SSSR count). The molecule has 11 aromatic carbocycles. The summed E-state index contributed by atoms with van der Waals surface area (Å²) in [6, 6.07) is 94.7. The molecule has 2 nitrogen and oxygen atoms in total. The highest BCUT2D eigenvalue weighted by molar-refractivity contribution is 6.29. The van der Waals surface area contributed by atoms with Crippen molar-refractivity contribution in [2.45, 2.75) is 5.41 Å². The van der Waals surface area contributed by atoms with Crippen molar-refractivity contribution >= 4 is 49.6 Å². The van der Waals surface area contributed by atoms with Crippen molar-refractivity contribution < 1.29 is 4.42 Å². The zero-order valence-corrected chi connectivity index (χ0v) is 36.7. The van der Waals surface area contributed by atoms with Gasteiger partial charge in [0.15, 0.2) is 0 Å². The number of furan rings is 1. The van der Waals surface area contributed by atoms with Crippen molar-refractivity contribution in [3.05, 3.63) is 283 Å². The van der Waals surface area contributed by atoms with E-state index < -0.39 is 5.41 Å². The maximum atomic E-state index is 6.98. The van der Waals surface area contributed by atoms with Gasteiger partial charge in [-0.3, -0.25) is 0 Å². The van der Waals surface area contributed by atoms with E-state index in [4.69, 9.17) is 4.42 Å². The second-order valence-electron chi connectivity index (χ2n) is 17.5. The van der Waals surface area contributed by atoms with Crippen LogP contribution in [-0.4, -0.2) is 0 Å². The molecule has 1 aliphatic rings. The molecule has 2 heteroatoms. The van der Waals surface area contributed by atoms with Crippen LogP contribution in [0.25, 0.3) is 77.2 Å². The molecule has 1 aromatic heterocycles. The van der Waals surface area contributed by atoms with Gasteiger partial charge in [0.05, 0.1) is 5.41 Å². The van der Waals surface area contributed by atoms with Gasteiger partial charge >= 0.3 is 0 Å². The Labute approximate surface area is 390 Å². The van der Waals surface area contributed by atoms with Crippen LogP contribution >= 0.6 is 0 Å². The van der Waals surface area contributed by atoms with E-state index in [0.29, 0.717) is 0 Å². The minimum atomic E-state index is -0.496. The molecule has 67 heavy (non-hydrogen) atoms. The van der Waals surface area contributed by atoms with E-state index in [9.17, 15) is 0 Å². The minimum Gasteiger partial charge on any atom is -0.455 e. The first-order valence-electron chi connectivity index (χ1n) is 23.1. The first-order chi connectivity index (χ1) is 33.3. The SMILES string of the molecule is c1ccc(-c2oc3c4ccccc4c4cc(-c5ccc(N(c6ccccc6)c6ccc7c(c6)C(c6ccccc6)(c6ccccc6)c6ccccc6-7)cc5)ccc4c3c2-c2ccccc2)cc1. The first kappa shape index (κ1) is 38.7. The quantitative estimate of drug-likeness (QED) is 0.142. The summed E-state index contributed by atoms with van der Waals surface area (Å²) in [5.41, 5.74) is 17.0. The van der Waals surface area contributed by atoms with Crippen molar-refractivity contribution in [2.24, 2.45) is 0 Å². The highest BCUT2D eigenvalue weighted by Gasteiger charge is 2.46. The van der Waals surface area contributed by atoms with Crippen molar-refractivity contribution in [2.75, 3.05) is 4.90 Å². The normalized spacial score (nSPS) is 12.6. The Morgan fingerprint density at radius 3 is 1.52 bits per heavy atom. The van der Waals surface area contributed by atoms with Gasteiger partial charge in [0.1, 0.15) is 11.3 Å². The molecular weight excluding hydrogens is 811 g/mol. The van der Waals surface area contributed by atoms with E-state index in [1.54, 1.807) is 0 Å². The Balaban J connectivity index is 0.962. The van der Waals surface area contributed by atoms with Crippen LogP contribution < -0.4 is 4.90 Å². The van der Waals surface area contributed by atoms with Crippen LogP contribution in [0, 0.1) is 0 Å². The molecule has 0 bridgehead atoms. The molecule has 0 aliphatic heterocycles. The molecule has 0 fully saturated rings. The second-order valence-corrected chi connectivity index (χ2v) is 17.5. The molecule has 0 atom stereocenters. The van der Waals surface area contributed by atoms with E-state index in [2.05, 4.69) is 266 Å². The van der Waals surface area contributed by atoms with Gasteiger partial charge in [-0.25, -0.2) is 0 Å². The number of hydrogen-bond acceptors (Lipinski definition) is 2. The highest BCUT2D eigenvalue weighted by atomic mass is 16.3. The molecule has 0 radical (unpaired) electrons. The number of fused-ring (bicyclic) bond motifs is 9. The second kappa shape index (κ2) is 15.8. The zero-order valence-electron chi connectivity index (χ0n) is 36.7. The summed E-state index contributed by atoms with van der Waals surface area (Å²) in [5.74, 6) is 0.890. The third-order valence-electron chi connectivity index (χ3n) is 13.9. The summed E-state index contributed by atoms with van der Waals surface area (Å²) >= 11 is 0. The summed E-state index contributed by atoms with van der Waals surface area (Å²) < 4.78 is 6.98. The summed E-state index contributed by atoms with van der Waals surface area (Å²) in [7, 11) is 0. The van der Waals surface area contributed by atoms with Crippen LogP contribution in [-0.2, 0) is 5.41 Å². The average Bonchev–Trinajstić information content (AvgIpc) is 3.96. The fourth-order valence-corrected chi connectivity index (χ4v) is 11.0. The van der Waals surface area contributed by atoms with Crippen LogP contribution in [0.3, 0.4) is 0 Å². The van der Waals surface area contributed by atoms with Crippen LogP contribution in [0.2, 0.25) is 0 Å². The van der Waals surface area contributed by atoms with Crippen molar-refractivity contribution in [3.8, 4) is 44.7 Å². The lowest BCUT2D eigenvalue weighted by molar-refractivity contribution is 0.636. The lowest BCUT2D eigenvalue weighted by Crippen LogP contribution is -2.28. The van der Waals surface area contributed by atoms with Crippen LogP contribution in [0.1, 0.15) is 22.3 Å². The fraction of sp³-hybridized carbons (Fsp3) is 0.0154. The number of hydrogen-bond donors (Lipinski definition) is 0. The van der Waals surface area contributed by atoms with Gasteiger partial charge in [-0.15, -0.1) is 0 Å². The van der Waals surface area contributed by atoms with Gasteiger partial charge in [-0.2, -0.15) is 0 Å². The molecular formula is C65H43NO. The summed E-state index contributed by atoms with van der Waals surface area (Å²) in [6.45, 7) is 0. The largest absolute Gasteiger partial charge is 0.455 e. The van der Waals surface area contributed by atoms with E-state index >= 15 is 0 Å². The minimum absolute atomic E-state index is 0.496. The van der Waals surface area contributed by atoms with E-state index in [1.165, 1.54) is 49.5 Å². The number of benzene rings is 11. The predicted molar refractivity (Wildman–Crippen MR) is 280 cm³/mol. The molecule has 0 amide bonds. The molecule has 0 saturated heterocycles. The van der Waals surface area contributed by atoms with Gasteiger partial charge in [-0.05, 0) is 109 Å². The van der Waals surface area contributed by atoms with Gasteiger partial charge in [-0.1, -0.05) is 218 Å². The predicted octanol–water partition coefficient (Wildman–Crippen LogP) is 17.6. The Hall–Kier alpha value is -8.72. The van der Waals surface area contributed by atoms with E-state index in [1.807, 2.05) is 0 Å². The Morgan fingerprint density at radius 2 is 0.836 bits per heavy atom. The van der Waals surface area contributed by atoms with Gasteiger partial charge < -0.3 is 9.32 Å². The molecule has 0 unspecified atom stereocenters. The van der Waals surface area contributed by atoms with Crippen LogP contribution in [0.15, 0.2) is 265 Å². The van der Waals surface area contributed by atoms with Crippen molar-refractivity contribution in [1.82, 2.24) is 0 Å². The zero-order chi connectivity index (χ0) is 44.3. The smallest absolute Gasteiger partial charge is 0.143 e. The Morgan fingerprint density at radius 1 is 0.313 bits per heavy atom. The molecule has 0 spiro atoms. The molecule has 0 saturated carbocycles. The van der Waals surface area contributed by atoms with E-state index in [0.717, 1.165) is 67.0 Å². The van der Waals surface area contributed by atoms with Gasteiger partial charge in [0.25, 0.3) is 0 Å². The third kappa shape index (κ3) is 6.11. The number of rotatable bonds is 8. The van der Waals surface area contributed by atoms with Crippen molar-refractivity contribution in [1.29, 1.82) is 0 Å². The lowest BCUT2D eigenvalue weighted by atomic mass is 9.67. The summed E-state index contributed by atoms with van der Waals surface area (Å²) in [5, 5.41) is 5.80. The molecule has 314 valence electrons. The van der Waals surface area contributed by atoms with E-state index in [-0.39, 0.29) is 0 Å². The summed E-state index contributed by atoms with van der Waals surface area (Å²) in [4.78, 5) is 2.40. The maximum absolute atomic E-state index is 6.98. The third-order valence-corrected chi connectivity index (χ3v) is 13.9. The maximum Gasteiger partial charge on any atom is 0.143 e. The number of nitrogens with zero attached hydrogens (tertiary/aromatic N) is 1. The van der Waals surface area contributed by atoms with Gasteiger partial charge in [0.2, 0.25) is 0 Å². The Bertz CT molecular complexity index is 3730. The number of anilines is 3. The number of para-hydroxylation sites is 1. The highest BCUT2D eigenvalue weighted by Crippen LogP contribution is 2.57.